The van der Waals surface area contributed by atoms with Crippen molar-refractivity contribution in [3.8, 4) is 67.4 Å². The van der Waals surface area contributed by atoms with Gasteiger partial charge in [-0.1, -0.05) is 152 Å². The van der Waals surface area contributed by atoms with Crippen molar-refractivity contribution >= 4 is 33.2 Å². The van der Waals surface area contributed by atoms with Crippen molar-refractivity contribution in [2.24, 2.45) is 0 Å². The molecular formula is C55H37N3. The number of anilines is 2. The number of hydrogen-bond donors (Lipinski definition) is 1. The Kier molecular flexibility index (Phi) is 8.91. The number of nitriles is 1. The Balaban J connectivity index is 0.931. The highest BCUT2D eigenvalue weighted by molar-refractivity contribution is 6.10. The maximum Gasteiger partial charge on any atom is 0.0991 e. The third-order valence-electron chi connectivity index (χ3n) is 11.0. The third-order valence-corrected chi connectivity index (χ3v) is 11.0. The summed E-state index contributed by atoms with van der Waals surface area (Å²) in [6.45, 7) is 0. The predicted octanol–water partition coefficient (Wildman–Crippen LogP) is 14.7. The lowest BCUT2D eigenvalue weighted by Gasteiger charge is -2.14. The molecule has 272 valence electrons. The fourth-order valence-electron chi connectivity index (χ4n) is 8.09. The van der Waals surface area contributed by atoms with Gasteiger partial charge < -0.3 is 9.88 Å². The van der Waals surface area contributed by atoms with Gasteiger partial charge in [0.2, 0.25) is 0 Å². The van der Waals surface area contributed by atoms with Gasteiger partial charge in [-0.15, -0.1) is 0 Å². The van der Waals surface area contributed by atoms with Crippen molar-refractivity contribution in [2.75, 3.05) is 5.32 Å². The van der Waals surface area contributed by atoms with Crippen LogP contribution in [0.2, 0.25) is 0 Å². The van der Waals surface area contributed by atoms with E-state index in [0.29, 0.717) is 5.56 Å². The Morgan fingerprint density at radius 2 is 0.879 bits per heavy atom. The predicted molar refractivity (Wildman–Crippen MR) is 242 cm³/mol. The third kappa shape index (κ3) is 6.60. The van der Waals surface area contributed by atoms with Gasteiger partial charge in [-0.25, -0.2) is 0 Å². The molecule has 0 saturated heterocycles. The van der Waals surface area contributed by atoms with E-state index in [1.54, 1.807) is 0 Å². The minimum Gasteiger partial charge on any atom is -0.355 e. The minimum absolute atomic E-state index is 0.661. The van der Waals surface area contributed by atoms with Gasteiger partial charge in [0.05, 0.1) is 22.7 Å². The normalized spacial score (nSPS) is 11.1. The molecule has 0 fully saturated rings. The van der Waals surface area contributed by atoms with E-state index in [-0.39, 0.29) is 0 Å². The van der Waals surface area contributed by atoms with Crippen LogP contribution in [0.15, 0.2) is 218 Å². The first kappa shape index (κ1) is 34.6. The summed E-state index contributed by atoms with van der Waals surface area (Å²) in [4.78, 5) is 0. The molecule has 0 amide bonds. The molecule has 0 bridgehead atoms. The lowest BCUT2D eigenvalue weighted by Crippen LogP contribution is -1.94. The summed E-state index contributed by atoms with van der Waals surface area (Å²) in [7, 11) is 0. The summed E-state index contributed by atoms with van der Waals surface area (Å²) in [6, 6.07) is 79.4. The molecular weight excluding hydrogens is 703 g/mol. The van der Waals surface area contributed by atoms with E-state index in [1.807, 2.05) is 30.3 Å². The van der Waals surface area contributed by atoms with Crippen molar-refractivity contribution in [3.63, 3.8) is 0 Å². The summed E-state index contributed by atoms with van der Waals surface area (Å²) < 4.78 is 2.35. The summed E-state index contributed by atoms with van der Waals surface area (Å²) in [5.41, 5.74) is 17.8. The molecule has 9 aromatic carbocycles. The fraction of sp³-hybridized carbons (Fsp3) is 0. The van der Waals surface area contributed by atoms with Gasteiger partial charge in [0.25, 0.3) is 0 Å². The van der Waals surface area contributed by atoms with Crippen molar-refractivity contribution in [3.05, 3.63) is 224 Å². The number of fused-ring (bicyclic) bond motifs is 3. The van der Waals surface area contributed by atoms with E-state index in [2.05, 4.69) is 204 Å². The van der Waals surface area contributed by atoms with E-state index in [1.165, 1.54) is 49.7 Å². The number of aromatic nitrogens is 1. The van der Waals surface area contributed by atoms with Crippen molar-refractivity contribution in [1.82, 2.24) is 4.57 Å². The first-order chi connectivity index (χ1) is 28.7. The Bertz CT molecular complexity index is 3110. The van der Waals surface area contributed by atoms with Crippen LogP contribution in [0.5, 0.6) is 0 Å². The molecule has 0 aliphatic heterocycles. The van der Waals surface area contributed by atoms with E-state index in [4.69, 9.17) is 0 Å². The van der Waals surface area contributed by atoms with Crippen LogP contribution in [-0.2, 0) is 0 Å². The Labute approximate surface area is 338 Å². The Hall–Kier alpha value is -7.93. The SMILES string of the molecule is N#Cc1ccc(-c2cccc(-n3c4ccccc4c4cc(-c5ccc(-c6cccc(-c7ccccc7Nc7ccc(-c8ccccc8)cc7)c6)cc5)ccc43)c2)cc1. The maximum absolute atomic E-state index is 9.28. The first-order valence-corrected chi connectivity index (χ1v) is 19.6. The molecule has 10 aromatic rings. The summed E-state index contributed by atoms with van der Waals surface area (Å²) in [5.74, 6) is 0. The van der Waals surface area contributed by atoms with Crippen LogP contribution >= 0.6 is 0 Å². The van der Waals surface area contributed by atoms with Crippen LogP contribution in [-0.4, -0.2) is 4.57 Å². The molecule has 1 aromatic heterocycles. The summed E-state index contributed by atoms with van der Waals surface area (Å²) >= 11 is 0. The number of rotatable bonds is 8. The van der Waals surface area contributed by atoms with Crippen LogP contribution in [0, 0.1) is 11.3 Å². The van der Waals surface area contributed by atoms with Gasteiger partial charge in [-0.05, 0) is 117 Å². The van der Waals surface area contributed by atoms with E-state index in [0.717, 1.165) is 44.8 Å². The highest BCUT2D eigenvalue weighted by atomic mass is 15.0. The maximum atomic E-state index is 9.28. The standard InChI is InChI=1S/C55H37N3/c56-37-38-20-22-41(23-21-38)45-13-9-15-49(35-45)58-54-19-7-5-17-51(54)52-36-46(30-33-55(52)58)43-26-24-42(25-27-43)44-12-8-14-47(34-44)50-16-4-6-18-53(50)57-48-31-28-40(29-32-48)39-10-2-1-3-11-39/h1-36,57H. The van der Waals surface area contributed by atoms with Crippen LogP contribution in [0.3, 0.4) is 0 Å². The largest absolute Gasteiger partial charge is 0.355 e. The molecule has 3 heteroatoms. The second-order valence-electron chi connectivity index (χ2n) is 14.6. The summed E-state index contributed by atoms with van der Waals surface area (Å²) in [5, 5.41) is 15.4. The number of nitrogens with one attached hydrogen (secondary N) is 1. The van der Waals surface area contributed by atoms with Crippen LogP contribution in [0.25, 0.3) is 83.1 Å². The van der Waals surface area contributed by atoms with Gasteiger partial charge in [-0.3, -0.25) is 0 Å². The van der Waals surface area contributed by atoms with Crippen LogP contribution < -0.4 is 5.32 Å². The van der Waals surface area contributed by atoms with E-state index in [9.17, 15) is 5.26 Å². The zero-order valence-corrected chi connectivity index (χ0v) is 31.7. The molecule has 1 N–H and O–H groups in total. The summed E-state index contributed by atoms with van der Waals surface area (Å²) in [6.07, 6.45) is 0. The highest BCUT2D eigenvalue weighted by Crippen LogP contribution is 2.38. The fourth-order valence-corrected chi connectivity index (χ4v) is 8.09. The van der Waals surface area contributed by atoms with Crippen LogP contribution in [0.4, 0.5) is 11.4 Å². The van der Waals surface area contributed by atoms with Crippen molar-refractivity contribution in [2.45, 2.75) is 0 Å². The molecule has 3 nitrogen and oxygen atoms in total. The lowest BCUT2D eigenvalue weighted by atomic mass is 9.96. The van der Waals surface area contributed by atoms with Gasteiger partial charge >= 0.3 is 0 Å². The number of para-hydroxylation sites is 2. The zero-order chi connectivity index (χ0) is 38.8. The topological polar surface area (TPSA) is 40.8 Å². The Morgan fingerprint density at radius 3 is 1.64 bits per heavy atom. The minimum atomic E-state index is 0.661. The Morgan fingerprint density at radius 1 is 0.362 bits per heavy atom. The zero-order valence-electron chi connectivity index (χ0n) is 31.7. The molecule has 0 atom stereocenters. The van der Waals surface area contributed by atoms with Crippen molar-refractivity contribution < 1.29 is 0 Å². The molecule has 1 heterocycles. The van der Waals surface area contributed by atoms with E-state index >= 15 is 0 Å². The molecule has 0 spiro atoms. The van der Waals surface area contributed by atoms with Crippen LogP contribution in [0.1, 0.15) is 5.56 Å². The first-order valence-electron chi connectivity index (χ1n) is 19.6. The second-order valence-corrected chi connectivity index (χ2v) is 14.6. The molecule has 10 rings (SSSR count). The molecule has 0 aliphatic carbocycles. The van der Waals surface area contributed by atoms with Gasteiger partial charge in [0.15, 0.2) is 0 Å². The molecule has 0 unspecified atom stereocenters. The molecule has 58 heavy (non-hydrogen) atoms. The number of benzene rings is 9. The van der Waals surface area contributed by atoms with Gasteiger partial charge in [-0.2, -0.15) is 5.26 Å². The van der Waals surface area contributed by atoms with E-state index < -0.39 is 0 Å². The average molecular weight is 740 g/mol. The average Bonchev–Trinajstić information content (AvgIpc) is 3.64. The smallest absolute Gasteiger partial charge is 0.0991 e. The van der Waals surface area contributed by atoms with Gasteiger partial charge in [0, 0.05) is 33.4 Å². The number of nitrogens with zero attached hydrogens (tertiary/aromatic N) is 2. The van der Waals surface area contributed by atoms with Crippen molar-refractivity contribution in [1.29, 1.82) is 5.26 Å². The highest BCUT2D eigenvalue weighted by Gasteiger charge is 2.15. The molecule has 0 radical (unpaired) electrons. The van der Waals surface area contributed by atoms with Gasteiger partial charge in [0.1, 0.15) is 0 Å². The quantitative estimate of drug-likeness (QED) is 0.169. The number of hydrogen-bond acceptors (Lipinski definition) is 2. The lowest BCUT2D eigenvalue weighted by molar-refractivity contribution is 1.18. The molecule has 0 aliphatic rings. The second kappa shape index (κ2) is 15.0. The monoisotopic (exact) mass is 739 g/mol. The molecule has 0 saturated carbocycles.